The number of sulfonamides is 1. The van der Waals surface area contributed by atoms with Crippen LogP contribution in [0.3, 0.4) is 0 Å². The Kier molecular flexibility index (Phi) is 3.98. The van der Waals surface area contributed by atoms with E-state index in [4.69, 9.17) is 0 Å². The van der Waals surface area contributed by atoms with Crippen molar-refractivity contribution in [3.8, 4) is 0 Å². The summed E-state index contributed by atoms with van der Waals surface area (Å²) in [6, 6.07) is -0.906. The Hall–Kier alpha value is -1.10. The summed E-state index contributed by atoms with van der Waals surface area (Å²) >= 11 is 0. The maximum Gasteiger partial charge on any atom is 0.262 e. The lowest BCUT2D eigenvalue weighted by molar-refractivity contribution is -0.00248. The van der Waals surface area contributed by atoms with Crippen LogP contribution in [-0.2, 0) is 17.1 Å². The maximum atomic E-state index is 13.5. The molecule has 0 unspecified atom stereocenters. The average molecular weight is 350 g/mol. The highest BCUT2D eigenvalue weighted by Gasteiger charge is 2.51. The van der Waals surface area contributed by atoms with Crippen LogP contribution in [0.4, 0.5) is 8.78 Å². The molecule has 2 aliphatic rings. The molecule has 0 amide bonds. The molecule has 0 bridgehead atoms. The molecule has 2 aliphatic heterocycles. The quantitative estimate of drug-likeness (QED) is 0.814. The van der Waals surface area contributed by atoms with E-state index in [2.05, 4.69) is 4.98 Å². The van der Waals surface area contributed by atoms with Gasteiger partial charge in [0, 0.05) is 44.8 Å². The van der Waals surface area contributed by atoms with E-state index in [0.29, 0.717) is 5.82 Å². The van der Waals surface area contributed by atoms with E-state index >= 15 is 0 Å². The molecule has 0 aromatic carbocycles. The number of aliphatic hydroxyl groups excluding tert-OH is 1. The number of hydrogen-bond donors (Lipinski definition) is 1. The van der Waals surface area contributed by atoms with Gasteiger partial charge in [-0.05, 0) is 6.92 Å². The molecule has 2 saturated heterocycles. The van der Waals surface area contributed by atoms with Crippen LogP contribution in [0.15, 0.2) is 11.2 Å². The summed E-state index contributed by atoms with van der Waals surface area (Å²) in [6.07, 6.45) is 1.06. The van der Waals surface area contributed by atoms with Crippen molar-refractivity contribution in [2.75, 3.05) is 26.2 Å². The summed E-state index contributed by atoms with van der Waals surface area (Å²) in [5.74, 6) is -2.25. The molecule has 2 fully saturated rings. The minimum Gasteiger partial charge on any atom is -0.395 e. The lowest BCUT2D eigenvalue weighted by Crippen LogP contribution is -2.62. The van der Waals surface area contributed by atoms with Crippen LogP contribution in [0, 0.1) is 6.92 Å². The van der Waals surface area contributed by atoms with Crippen molar-refractivity contribution in [1.82, 2.24) is 18.8 Å². The molecule has 23 heavy (non-hydrogen) atoms. The van der Waals surface area contributed by atoms with Crippen LogP contribution < -0.4 is 0 Å². The molecule has 3 heterocycles. The van der Waals surface area contributed by atoms with Gasteiger partial charge in [-0.2, -0.15) is 4.31 Å². The van der Waals surface area contributed by atoms with E-state index < -0.39 is 28.5 Å². The van der Waals surface area contributed by atoms with Crippen LogP contribution in [0.1, 0.15) is 12.2 Å². The van der Waals surface area contributed by atoms with Crippen LogP contribution in [0.2, 0.25) is 0 Å². The third-order valence-electron chi connectivity index (χ3n) is 4.62. The van der Waals surface area contributed by atoms with Crippen molar-refractivity contribution in [3.63, 3.8) is 0 Å². The Bertz CT molecular complexity index is 681. The first-order valence-corrected chi connectivity index (χ1v) is 8.82. The highest BCUT2D eigenvalue weighted by molar-refractivity contribution is 7.89. The minimum atomic E-state index is -3.69. The van der Waals surface area contributed by atoms with Crippen molar-refractivity contribution in [3.05, 3.63) is 12.0 Å². The average Bonchev–Trinajstić information content (AvgIpc) is 2.88. The largest absolute Gasteiger partial charge is 0.395 e. The number of aryl methyl sites for hydroxylation is 2. The van der Waals surface area contributed by atoms with Crippen molar-refractivity contribution < 1.29 is 22.3 Å². The van der Waals surface area contributed by atoms with Gasteiger partial charge in [0.1, 0.15) is 5.82 Å². The van der Waals surface area contributed by atoms with Gasteiger partial charge >= 0.3 is 0 Å². The first-order chi connectivity index (χ1) is 10.6. The highest BCUT2D eigenvalue weighted by Crippen LogP contribution is 2.36. The highest BCUT2D eigenvalue weighted by atomic mass is 32.2. The van der Waals surface area contributed by atoms with Crippen molar-refractivity contribution in [2.45, 2.75) is 36.4 Å². The zero-order valence-electron chi connectivity index (χ0n) is 13.0. The van der Waals surface area contributed by atoms with Crippen LogP contribution in [-0.4, -0.2) is 76.5 Å². The number of rotatable bonds is 4. The fourth-order valence-electron chi connectivity index (χ4n) is 3.12. The summed E-state index contributed by atoms with van der Waals surface area (Å²) < 4.78 is 54.8. The lowest BCUT2D eigenvalue weighted by Gasteiger charge is -2.44. The normalized spacial score (nSPS) is 26.6. The third kappa shape index (κ3) is 2.88. The zero-order chi connectivity index (χ0) is 17.0. The molecule has 0 spiro atoms. The Morgan fingerprint density at radius 2 is 2.09 bits per heavy atom. The summed E-state index contributed by atoms with van der Waals surface area (Å²) in [6.45, 7) is 1.21. The maximum absolute atomic E-state index is 13.5. The Morgan fingerprint density at radius 3 is 2.61 bits per heavy atom. The predicted octanol–water partition coefficient (Wildman–Crippen LogP) is -0.197. The van der Waals surface area contributed by atoms with E-state index in [1.165, 1.54) is 15.4 Å². The predicted molar refractivity (Wildman–Crippen MR) is 77.6 cm³/mol. The van der Waals surface area contributed by atoms with Gasteiger partial charge in [-0.15, -0.1) is 0 Å². The molecule has 7 nitrogen and oxygen atoms in total. The standard InChI is InChI=1S/C13H20F2N4O3S/c1-9-16-12(6-17(9)2)23(21,22)18-4-11(5-18)19-8-13(14,15)3-10(19)7-20/h6,10-11,20H,3-5,7-8H2,1-2H3/t10-/m0/s1. The molecule has 1 atom stereocenters. The molecule has 1 aromatic heterocycles. The van der Waals surface area contributed by atoms with E-state index in [0.717, 1.165) is 0 Å². The smallest absolute Gasteiger partial charge is 0.262 e. The Morgan fingerprint density at radius 1 is 1.43 bits per heavy atom. The molecule has 1 aromatic rings. The van der Waals surface area contributed by atoms with Gasteiger partial charge < -0.3 is 9.67 Å². The number of aromatic nitrogens is 2. The van der Waals surface area contributed by atoms with Crippen LogP contribution in [0.5, 0.6) is 0 Å². The number of alkyl halides is 2. The summed E-state index contributed by atoms with van der Waals surface area (Å²) in [4.78, 5) is 5.54. The second kappa shape index (κ2) is 5.47. The third-order valence-corrected chi connectivity index (χ3v) is 6.32. The lowest BCUT2D eigenvalue weighted by atomic mass is 10.1. The van der Waals surface area contributed by atoms with Gasteiger partial charge in [0.25, 0.3) is 15.9 Å². The molecule has 0 saturated carbocycles. The molecule has 130 valence electrons. The number of halogens is 2. The van der Waals surface area contributed by atoms with Gasteiger partial charge in [0.15, 0.2) is 5.03 Å². The number of imidazole rings is 1. The molecular formula is C13H20F2N4O3S. The molecule has 0 aliphatic carbocycles. The molecule has 3 rings (SSSR count). The minimum absolute atomic E-state index is 0.0265. The number of nitrogens with zero attached hydrogens (tertiary/aromatic N) is 4. The summed E-state index contributed by atoms with van der Waals surface area (Å²) in [5.41, 5.74) is 0. The second-order valence-electron chi connectivity index (χ2n) is 6.28. The van der Waals surface area contributed by atoms with Crippen LogP contribution >= 0.6 is 0 Å². The van der Waals surface area contributed by atoms with Crippen molar-refractivity contribution in [2.24, 2.45) is 7.05 Å². The van der Waals surface area contributed by atoms with Gasteiger partial charge in [-0.25, -0.2) is 22.2 Å². The zero-order valence-corrected chi connectivity index (χ0v) is 13.8. The first kappa shape index (κ1) is 16.7. The van der Waals surface area contributed by atoms with Gasteiger partial charge in [-0.1, -0.05) is 0 Å². The van der Waals surface area contributed by atoms with Crippen molar-refractivity contribution in [1.29, 1.82) is 0 Å². The molecular weight excluding hydrogens is 330 g/mol. The fraction of sp³-hybridized carbons (Fsp3) is 0.769. The number of hydrogen-bond acceptors (Lipinski definition) is 5. The Balaban J connectivity index is 1.69. The number of aliphatic hydroxyl groups is 1. The topological polar surface area (TPSA) is 78.7 Å². The van der Waals surface area contributed by atoms with Gasteiger partial charge in [0.05, 0.1) is 13.2 Å². The first-order valence-electron chi connectivity index (χ1n) is 7.38. The SMILES string of the molecule is Cc1nc(S(=O)(=O)N2CC(N3CC(F)(F)C[C@H]3CO)C2)cn1C. The molecule has 10 heteroatoms. The van der Waals surface area contributed by atoms with E-state index in [1.807, 2.05) is 0 Å². The second-order valence-corrected chi connectivity index (χ2v) is 8.17. The summed E-state index contributed by atoms with van der Waals surface area (Å²) in [7, 11) is -1.99. The Labute approximate surface area is 133 Å². The monoisotopic (exact) mass is 350 g/mol. The summed E-state index contributed by atoms with van der Waals surface area (Å²) in [5, 5.41) is 9.23. The van der Waals surface area contributed by atoms with Crippen molar-refractivity contribution >= 4 is 10.0 Å². The van der Waals surface area contributed by atoms with E-state index in [1.54, 1.807) is 18.5 Å². The van der Waals surface area contributed by atoms with Crippen LogP contribution in [0.25, 0.3) is 0 Å². The molecule has 0 radical (unpaired) electrons. The molecule has 1 N–H and O–H groups in total. The van der Waals surface area contributed by atoms with E-state index in [-0.39, 0.29) is 37.2 Å². The van der Waals surface area contributed by atoms with Gasteiger partial charge in [0.2, 0.25) is 0 Å². The van der Waals surface area contributed by atoms with Gasteiger partial charge in [-0.3, -0.25) is 4.90 Å². The fourth-order valence-corrected chi connectivity index (χ4v) is 4.66. The number of likely N-dealkylation sites (tertiary alicyclic amines) is 1. The van der Waals surface area contributed by atoms with E-state index in [9.17, 15) is 22.3 Å².